The van der Waals surface area contributed by atoms with Crippen LogP contribution in [0, 0.1) is 0 Å². The molecule has 102 valence electrons. The van der Waals surface area contributed by atoms with Gasteiger partial charge in [0.1, 0.15) is 0 Å². The molecule has 2 aromatic rings. The Morgan fingerprint density at radius 2 is 1.89 bits per heavy atom. The first-order chi connectivity index (χ1) is 9.24. The van der Waals surface area contributed by atoms with Gasteiger partial charge in [-0.15, -0.1) is 0 Å². The van der Waals surface area contributed by atoms with Gasteiger partial charge in [0.2, 0.25) is 0 Å². The van der Waals surface area contributed by atoms with Crippen LogP contribution in [0.5, 0.6) is 0 Å². The summed E-state index contributed by atoms with van der Waals surface area (Å²) in [4.78, 5) is 0. The summed E-state index contributed by atoms with van der Waals surface area (Å²) in [5.74, 6) is 0. The van der Waals surface area contributed by atoms with E-state index in [9.17, 15) is 5.11 Å². The van der Waals surface area contributed by atoms with Crippen molar-refractivity contribution in [2.75, 3.05) is 6.54 Å². The van der Waals surface area contributed by atoms with Gasteiger partial charge in [-0.05, 0) is 47.7 Å². The molecule has 0 radical (unpaired) electrons. The lowest BCUT2D eigenvalue weighted by molar-refractivity contribution is 0.168. The molecule has 0 saturated carbocycles. The van der Waals surface area contributed by atoms with E-state index in [1.165, 1.54) is 11.1 Å². The summed E-state index contributed by atoms with van der Waals surface area (Å²) in [6.07, 6.45) is 1.40. The molecule has 2 N–H and O–H groups in total. The van der Waals surface area contributed by atoms with Crippen LogP contribution in [0.3, 0.4) is 0 Å². The number of aliphatic hydroxyl groups is 1. The molecule has 0 spiro atoms. The number of nitrogens with one attached hydrogen (secondary N) is 1. The molecule has 2 rings (SSSR count). The molecule has 0 saturated heterocycles. The van der Waals surface area contributed by atoms with Crippen LogP contribution in [0.15, 0.2) is 47.2 Å². The Kier molecular flexibility index (Phi) is 5.58. The smallest absolute Gasteiger partial charge is 0.0704 e. The van der Waals surface area contributed by atoms with Crippen molar-refractivity contribution in [3.05, 3.63) is 58.3 Å². The van der Waals surface area contributed by atoms with Gasteiger partial charge in [0, 0.05) is 12.6 Å². The van der Waals surface area contributed by atoms with Crippen molar-refractivity contribution in [1.29, 1.82) is 0 Å². The first kappa shape index (κ1) is 14.3. The van der Waals surface area contributed by atoms with Crippen LogP contribution in [0.4, 0.5) is 0 Å². The van der Waals surface area contributed by atoms with Crippen LogP contribution >= 0.6 is 11.3 Å². The first-order valence-electron chi connectivity index (χ1n) is 6.70. The zero-order chi connectivity index (χ0) is 13.5. The zero-order valence-electron chi connectivity index (χ0n) is 11.3. The molecule has 1 heterocycles. The van der Waals surface area contributed by atoms with Crippen LogP contribution in [0.2, 0.25) is 0 Å². The highest BCUT2D eigenvalue weighted by atomic mass is 32.1. The SMILES string of the molecule is CC(Cc1ccsc1)NCC(O)Cc1ccccc1. The maximum Gasteiger partial charge on any atom is 0.0704 e. The van der Waals surface area contributed by atoms with Gasteiger partial charge >= 0.3 is 0 Å². The Balaban J connectivity index is 1.70. The fourth-order valence-electron chi connectivity index (χ4n) is 2.13. The lowest BCUT2D eigenvalue weighted by atomic mass is 10.1. The average molecular weight is 275 g/mol. The summed E-state index contributed by atoms with van der Waals surface area (Å²) in [7, 11) is 0. The van der Waals surface area contributed by atoms with Crippen molar-refractivity contribution in [2.45, 2.75) is 31.9 Å². The standard InChI is InChI=1S/C16H21NOS/c1-13(9-15-7-8-19-12-15)17-11-16(18)10-14-5-3-2-4-6-14/h2-8,12-13,16-18H,9-11H2,1H3. The molecule has 1 aromatic heterocycles. The molecule has 0 aliphatic carbocycles. The molecular formula is C16H21NOS. The van der Waals surface area contributed by atoms with E-state index in [-0.39, 0.29) is 6.10 Å². The first-order valence-corrected chi connectivity index (χ1v) is 7.65. The van der Waals surface area contributed by atoms with E-state index in [2.05, 4.69) is 41.2 Å². The maximum absolute atomic E-state index is 10.0. The van der Waals surface area contributed by atoms with Gasteiger partial charge in [0.05, 0.1) is 6.10 Å². The van der Waals surface area contributed by atoms with Crippen molar-refractivity contribution in [3.63, 3.8) is 0 Å². The molecule has 2 nitrogen and oxygen atoms in total. The summed E-state index contributed by atoms with van der Waals surface area (Å²) in [6, 6.07) is 12.7. The minimum atomic E-state index is -0.327. The Morgan fingerprint density at radius 1 is 1.11 bits per heavy atom. The quantitative estimate of drug-likeness (QED) is 0.814. The van der Waals surface area contributed by atoms with E-state index in [4.69, 9.17) is 0 Å². The van der Waals surface area contributed by atoms with Gasteiger partial charge < -0.3 is 10.4 Å². The highest BCUT2D eigenvalue weighted by Crippen LogP contribution is 2.08. The summed E-state index contributed by atoms with van der Waals surface area (Å²) >= 11 is 1.73. The van der Waals surface area contributed by atoms with Gasteiger partial charge in [-0.1, -0.05) is 30.3 Å². The van der Waals surface area contributed by atoms with Crippen molar-refractivity contribution < 1.29 is 5.11 Å². The Labute approximate surface area is 119 Å². The molecule has 0 fully saturated rings. The van der Waals surface area contributed by atoms with E-state index in [0.29, 0.717) is 19.0 Å². The number of hydrogen-bond acceptors (Lipinski definition) is 3. The number of hydrogen-bond donors (Lipinski definition) is 2. The average Bonchev–Trinajstić information content (AvgIpc) is 2.90. The molecule has 0 bridgehead atoms. The number of rotatable bonds is 7. The minimum Gasteiger partial charge on any atom is -0.391 e. The molecular weight excluding hydrogens is 254 g/mol. The summed E-state index contributed by atoms with van der Waals surface area (Å²) in [5, 5.41) is 17.7. The Morgan fingerprint density at radius 3 is 2.58 bits per heavy atom. The second kappa shape index (κ2) is 7.43. The minimum absolute atomic E-state index is 0.327. The van der Waals surface area contributed by atoms with E-state index in [1.807, 2.05) is 18.2 Å². The van der Waals surface area contributed by atoms with Crippen molar-refractivity contribution in [3.8, 4) is 0 Å². The molecule has 2 atom stereocenters. The lowest BCUT2D eigenvalue weighted by Crippen LogP contribution is -2.35. The van der Waals surface area contributed by atoms with Crippen molar-refractivity contribution >= 4 is 11.3 Å². The largest absolute Gasteiger partial charge is 0.391 e. The predicted molar refractivity (Wildman–Crippen MR) is 81.6 cm³/mol. The summed E-state index contributed by atoms with van der Waals surface area (Å²) < 4.78 is 0. The van der Waals surface area contributed by atoms with Gasteiger partial charge in [0.25, 0.3) is 0 Å². The highest BCUT2D eigenvalue weighted by molar-refractivity contribution is 7.07. The third-order valence-corrected chi connectivity index (χ3v) is 3.87. The van der Waals surface area contributed by atoms with Crippen LogP contribution < -0.4 is 5.32 Å². The molecule has 3 heteroatoms. The van der Waals surface area contributed by atoms with Gasteiger partial charge in [-0.3, -0.25) is 0 Å². The van der Waals surface area contributed by atoms with Crippen LogP contribution in [-0.2, 0) is 12.8 Å². The number of thiophene rings is 1. The fraction of sp³-hybridized carbons (Fsp3) is 0.375. The highest BCUT2D eigenvalue weighted by Gasteiger charge is 2.08. The van der Waals surface area contributed by atoms with E-state index >= 15 is 0 Å². The number of aliphatic hydroxyl groups excluding tert-OH is 1. The Bertz CT molecular complexity index is 455. The third-order valence-electron chi connectivity index (χ3n) is 3.14. The van der Waals surface area contributed by atoms with E-state index in [1.54, 1.807) is 11.3 Å². The third kappa shape index (κ3) is 5.15. The molecule has 19 heavy (non-hydrogen) atoms. The molecule has 0 amide bonds. The van der Waals surface area contributed by atoms with Gasteiger partial charge in [-0.25, -0.2) is 0 Å². The second-order valence-corrected chi connectivity index (χ2v) is 5.77. The molecule has 2 unspecified atom stereocenters. The fourth-order valence-corrected chi connectivity index (χ4v) is 2.81. The Hall–Kier alpha value is -1.16. The predicted octanol–water partition coefficient (Wildman–Crippen LogP) is 2.87. The molecule has 0 aliphatic heterocycles. The monoisotopic (exact) mass is 275 g/mol. The normalized spacial score (nSPS) is 14.2. The van der Waals surface area contributed by atoms with E-state index in [0.717, 1.165) is 6.42 Å². The van der Waals surface area contributed by atoms with Crippen LogP contribution in [-0.4, -0.2) is 23.8 Å². The topological polar surface area (TPSA) is 32.3 Å². The van der Waals surface area contributed by atoms with Gasteiger partial charge in [0.15, 0.2) is 0 Å². The lowest BCUT2D eigenvalue weighted by Gasteiger charge is -2.17. The van der Waals surface area contributed by atoms with Crippen molar-refractivity contribution in [2.24, 2.45) is 0 Å². The summed E-state index contributed by atoms with van der Waals surface area (Å²) in [5.41, 5.74) is 2.55. The zero-order valence-corrected chi connectivity index (χ0v) is 12.1. The maximum atomic E-state index is 10.0. The van der Waals surface area contributed by atoms with Crippen LogP contribution in [0.1, 0.15) is 18.1 Å². The van der Waals surface area contributed by atoms with Crippen molar-refractivity contribution in [1.82, 2.24) is 5.32 Å². The number of benzene rings is 1. The second-order valence-electron chi connectivity index (χ2n) is 4.99. The summed E-state index contributed by atoms with van der Waals surface area (Å²) in [6.45, 7) is 2.80. The van der Waals surface area contributed by atoms with E-state index < -0.39 is 0 Å². The molecule has 1 aromatic carbocycles. The molecule has 0 aliphatic rings. The van der Waals surface area contributed by atoms with Crippen LogP contribution in [0.25, 0.3) is 0 Å². The van der Waals surface area contributed by atoms with Gasteiger partial charge in [-0.2, -0.15) is 11.3 Å².